The fourth-order valence-corrected chi connectivity index (χ4v) is 11.5. The summed E-state index contributed by atoms with van der Waals surface area (Å²) >= 11 is 0. The van der Waals surface area contributed by atoms with Crippen molar-refractivity contribution in [3.05, 3.63) is 0 Å². The Kier molecular flexibility index (Phi) is 12.9. The van der Waals surface area contributed by atoms with Crippen LogP contribution in [-0.4, -0.2) is 38.8 Å². The molecule has 0 rings (SSSR count). The molecule has 0 heterocycles. The van der Waals surface area contributed by atoms with E-state index < -0.39 is 16.9 Å². The molecule has 25 heavy (non-hydrogen) atoms. The van der Waals surface area contributed by atoms with Gasteiger partial charge < -0.3 is 0 Å². The first-order valence-corrected chi connectivity index (χ1v) is 15.2. The Morgan fingerprint density at radius 1 is 0.600 bits per heavy atom. The predicted molar refractivity (Wildman–Crippen MR) is 116 cm³/mol. The second-order valence-corrected chi connectivity index (χ2v) is 16.0. The molecule has 0 aliphatic heterocycles. The molecule has 0 spiro atoms. The third kappa shape index (κ3) is 9.20. The van der Waals surface area contributed by atoms with Crippen molar-refractivity contribution in [3.8, 4) is 0 Å². The summed E-state index contributed by atoms with van der Waals surface area (Å²) in [4.78, 5) is 0. The van der Waals surface area contributed by atoms with Gasteiger partial charge in [-0.3, -0.25) is 0 Å². The number of hydrogen-bond acceptors (Lipinski definition) is 3. The molecule has 0 aliphatic carbocycles. The first-order valence-electron chi connectivity index (χ1n) is 10.8. The zero-order chi connectivity index (χ0) is 19.3. The van der Waals surface area contributed by atoms with Crippen molar-refractivity contribution < 1.29 is 12.4 Å². The van der Waals surface area contributed by atoms with Crippen LogP contribution in [0.5, 0.6) is 0 Å². The normalized spacial score (nSPS) is 14.4. The molecule has 0 bridgehead atoms. The SMILES string of the molecule is CCCCCCCCCCCCS(=O)(=O)OP(CC)(CC)(CC)CC. The molecule has 3 nitrogen and oxygen atoms in total. The summed E-state index contributed by atoms with van der Waals surface area (Å²) in [5, 5.41) is 0. The summed E-state index contributed by atoms with van der Waals surface area (Å²) < 4.78 is 31.1. The minimum atomic E-state index is -3.40. The molecule has 0 aromatic rings. The standard InChI is InChI=1S/C20H45O3PS/c1-6-11-12-13-14-15-16-17-18-19-20-25(21,22)23-24(7-2,8-3,9-4)10-5/h6-20H2,1-5H3. The summed E-state index contributed by atoms with van der Waals surface area (Å²) in [5.74, 6) is 0.196. The monoisotopic (exact) mass is 396 g/mol. The molecule has 0 N–H and O–H groups in total. The summed E-state index contributed by atoms with van der Waals surface area (Å²) in [6.07, 6.45) is 15.6. The van der Waals surface area contributed by atoms with E-state index in [9.17, 15) is 8.42 Å². The molecule has 5 heteroatoms. The van der Waals surface area contributed by atoms with Gasteiger partial charge in [-0.15, -0.1) is 0 Å². The van der Waals surface area contributed by atoms with Crippen molar-refractivity contribution in [3.63, 3.8) is 0 Å². The zero-order valence-corrected chi connectivity index (χ0v) is 19.4. The molecule has 0 aromatic heterocycles. The molecule has 0 amide bonds. The van der Waals surface area contributed by atoms with Crippen molar-refractivity contribution in [2.24, 2.45) is 0 Å². The van der Waals surface area contributed by atoms with Crippen LogP contribution in [0, 0.1) is 0 Å². The Morgan fingerprint density at radius 2 is 0.960 bits per heavy atom. The molecule has 154 valence electrons. The second kappa shape index (κ2) is 12.7. The van der Waals surface area contributed by atoms with Gasteiger partial charge in [0.05, 0.1) is 0 Å². The first kappa shape index (κ1) is 25.3. The zero-order valence-electron chi connectivity index (χ0n) is 17.7. The van der Waals surface area contributed by atoms with Crippen molar-refractivity contribution in [1.29, 1.82) is 0 Å². The Labute approximate surface area is 158 Å². The minimum absolute atomic E-state index is 0.196. The molecule has 0 aliphatic rings. The van der Waals surface area contributed by atoms with Crippen molar-refractivity contribution in [1.82, 2.24) is 0 Å². The van der Waals surface area contributed by atoms with E-state index in [1.165, 1.54) is 44.9 Å². The molecule has 0 saturated heterocycles. The van der Waals surface area contributed by atoms with Crippen LogP contribution in [0.2, 0.25) is 0 Å². The van der Waals surface area contributed by atoms with Gasteiger partial charge in [0.15, 0.2) is 0 Å². The van der Waals surface area contributed by atoms with Gasteiger partial charge in [0.1, 0.15) is 0 Å². The van der Waals surface area contributed by atoms with E-state index in [0.29, 0.717) is 0 Å². The van der Waals surface area contributed by atoms with Crippen LogP contribution in [0.25, 0.3) is 0 Å². The summed E-state index contributed by atoms with van der Waals surface area (Å²) in [6, 6.07) is 0. The molecule has 0 atom stereocenters. The van der Waals surface area contributed by atoms with E-state index in [1.54, 1.807) is 0 Å². The van der Waals surface area contributed by atoms with Crippen LogP contribution in [0.3, 0.4) is 0 Å². The molecular weight excluding hydrogens is 351 g/mol. The van der Waals surface area contributed by atoms with Crippen molar-refractivity contribution >= 4 is 16.9 Å². The van der Waals surface area contributed by atoms with Gasteiger partial charge in [-0.2, -0.15) is 0 Å². The Hall–Kier alpha value is 0.340. The van der Waals surface area contributed by atoms with Gasteiger partial charge in [-0.25, -0.2) is 0 Å². The van der Waals surface area contributed by atoms with E-state index in [4.69, 9.17) is 3.97 Å². The van der Waals surface area contributed by atoms with Crippen molar-refractivity contribution in [2.45, 2.75) is 98.8 Å². The molecule has 0 fully saturated rings. The van der Waals surface area contributed by atoms with Gasteiger partial charge in [0.25, 0.3) is 0 Å². The van der Waals surface area contributed by atoms with Crippen LogP contribution in [0.1, 0.15) is 98.8 Å². The predicted octanol–water partition coefficient (Wildman–Crippen LogP) is 6.80. The maximum absolute atomic E-state index is 12.5. The quantitative estimate of drug-likeness (QED) is 0.200. The Morgan fingerprint density at radius 3 is 1.32 bits per heavy atom. The van der Waals surface area contributed by atoms with Gasteiger partial charge in [0.2, 0.25) is 0 Å². The van der Waals surface area contributed by atoms with E-state index in [1.807, 2.05) is 0 Å². The van der Waals surface area contributed by atoms with Crippen LogP contribution < -0.4 is 0 Å². The van der Waals surface area contributed by atoms with Gasteiger partial charge in [0, 0.05) is 0 Å². The fraction of sp³-hybridized carbons (Fsp3) is 1.00. The van der Waals surface area contributed by atoms with Crippen LogP contribution in [0.15, 0.2) is 0 Å². The molecule has 0 radical (unpaired) electrons. The average molecular weight is 397 g/mol. The molecule has 0 aromatic carbocycles. The number of rotatable bonds is 17. The van der Waals surface area contributed by atoms with Gasteiger partial charge >= 0.3 is 145 Å². The molecule has 0 unspecified atom stereocenters. The first-order chi connectivity index (χ1) is 11.8. The van der Waals surface area contributed by atoms with E-state index in [-0.39, 0.29) is 5.75 Å². The Bertz CT molecular complexity index is 407. The van der Waals surface area contributed by atoms with Crippen LogP contribution in [-0.2, 0) is 14.1 Å². The van der Waals surface area contributed by atoms with Crippen molar-refractivity contribution in [2.75, 3.05) is 30.4 Å². The summed E-state index contributed by atoms with van der Waals surface area (Å²) in [7, 11) is -3.40. The van der Waals surface area contributed by atoms with Gasteiger partial charge in [-0.1, -0.05) is 13.3 Å². The summed E-state index contributed by atoms with van der Waals surface area (Å²) in [5.41, 5.74) is 0. The van der Waals surface area contributed by atoms with E-state index >= 15 is 0 Å². The number of unbranched alkanes of at least 4 members (excludes halogenated alkanes) is 9. The Balaban J connectivity index is 4.13. The molecular formula is C20H45O3PS. The fourth-order valence-electron chi connectivity index (χ4n) is 3.68. The second-order valence-electron chi connectivity index (χ2n) is 7.64. The maximum atomic E-state index is 12.5. The summed E-state index contributed by atoms with van der Waals surface area (Å²) in [6.45, 7) is 8.11. The van der Waals surface area contributed by atoms with Crippen LogP contribution >= 0.6 is 6.83 Å². The van der Waals surface area contributed by atoms with E-state index in [2.05, 4.69) is 34.6 Å². The van der Waals surface area contributed by atoms with E-state index in [0.717, 1.165) is 43.9 Å². The topological polar surface area (TPSA) is 43.4 Å². The van der Waals surface area contributed by atoms with Crippen LogP contribution in [0.4, 0.5) is 0 Å². The van der Waals surface area contributed by atoms with Gasteiger partial charge in [-0.05, 0) is 0 Å². The third-order valence-electron chi connectivity index (χ3n) is 6.27. The number of hydrogen-bond donors (Lipinski definition) is 0. The molecule has 0 saturated carbocycles. The third-order valence-corrected chi connectivity index (χ3v) is 16.1. The average Bonchev–Trinajstić information content (AvgIpc) is 2.62.